The summed E-state index contributed by atoms with van der Waals surface area (Å²) in [7, 11) is 0. The van der Waals surface area contributed by atoms with Crippen LogP contribution in [0, 0.1) is 17.5 Å². The highest BCUT2D eigenvalue weighted by atomic mass is 19.2. The topological polar surface area (TPSA) is 50.4 Å². The van der Waals surface area contributed by atoms with Gasteiger partial charge in [-0.05, 0) is 6.07 Å². The molecule has 1 aromatic heterocycles. The predicted molar refractivity (Wildman–Crippen MR) is 44.0 cm³/mol. The zero-order valence-corrected chi connectivity index (χ0v) is 7.05. The molecular formula is C9H3F3O3. The maximum absolute atomic E-state index is 13.1. The van der Waals surface area contributed by atoms with Gasteiger partial charge in [0.05, 0.1) is 5.39 Å². The van der Waals surface area contributed by atoms with E-state index in [1.54, 1.807) is 0 Å². The van der Waals surface area contributed by atoms with Crippen LogP contribution in [0.4, 0.5) is 13.2 Å². The molecule has 3 nitrogen and oxygen atoms in total. The van der Waals surface area contributed by atoms with Gasteiger partial charge in [0.25, 0.3) is 0 Å². The van der Waals surface area contributed by atoms with Crippen LogP contribution in [-0.2, 0) is 0 Å². The second-order valence-electron chi connectivity index (χ2n) is 2.79. The van der Waals surface area contributed by atoms with Gasteiger partial charge < -0.3 is 9.52 Å². The lowest BCUT2D eigenvalue weighted by molar-refractivity contribution is 0.375. The van der Waals surface area contributed by atoms with Crippen molar-refractivity contribution in [1.82, 2.24) is 0 Å². The van der Waals surface area contributed by atoms with Crippen molar-refractivity contribution < 1.29 is 22.7 Å². The molecule has 0 atom stereocenters. The summed E-state index contributed by atoms with van der Waals surface area (Å²) in [4.78, 5) is 10.7. The van der Waals surface area contributed by atoms with Crippen molar-refractivity contribution in [3.8, 4) is 5.75 Å². The van der Waals surface area contributed by atoms with Crippen molar-refractivity contribution in [3.05, 3.63) is 40.0 Å². The Labute approximate surface area is 80.4 Å². The van der Waals surface area contributed by atoms with Crippen molar-refractivity contribution in [2.45, 2.75) is 0 Å². The number of hydrogen-bond acceptors (Lipinski definition) is 3. The molecule has 1 N–H and O–H groups in total. The third-order valence-electron chi connectivity index (χ3n) is 1.88. The van der Waals surface area contributed by atoms with Gasteiger partial charge in [-0.1, -0.05) is 0 Å². The zero-order valence-electron chi connectivity index (χ0n) is 7.05. The fourth-order valence-corrected chi connectivity index (χ4v) is 1.18. The van der Waals surface area contributed by atoms with Crippen molar-refractivity contribution in [1.29, 1.82) is 0 Å². The standard InChI is InChI=1S/C9H3F3O3/c10-5-3-1-2-4(13)15-9(3)7(12)8(14)6(5)11/h1-2,14H. The Morgan fingerprint density at radius 3 is 2.40 bits per heavy atom. The summed E-state index contributed by atoms with van der Waals surface area (Å²) in [5.41, 5.74) is -1.73. The summed E-state index contributed by atoms with van der Waals surface area (Å²) in [6.07, 6.45) is 0. The van der Waals surface area contributed by atoms with Crippen LogP contribution < -0.4 is 5.63 Å². The lowest BCUT2D eigenvalue weighted by Crippen LogP contribution is -1.99. The molecule has 2 rings (SSSR count). The smallest absolute Gasteiger partial charge is 0.336 e. The lowest BCUT2D eigenvalue weighted by Gasteiger charge is -2.02. The molecule has 0 aliphatic rings. The number of benzene rings is 1. The molecule has 15 heavy (non-hydrogen) atoms. The summed E-state index contributed by atoms with van der Waals surface area (Å²) >= 11 is 0. The molecule has 0 radical (unpaired) electrons. The summed E-state index contributed by atoms with van der Waals surface area (Å²) < 4.78 is 43.4. The molecular weight excluding hydrogens is 213 g/mol. The molecule has 0 spiro atoms. The Bertz CT molecular complexity index is 604. The van der Waals surface area contributed by atoms with E-state index in [1.165, 1.54) is 0 Å². The van der Waals surface area contributed by atoms with Crippen LogP contribution in [0.1, 0.15) is 0 Å². The first-order valence-corrected chi connectivity index (χ1v) is 3.81. The maximum Gasteiger partial charge on any atom is 0.336 e. The minimum Gasteiger partial charge on any atom is -0.503 e. The lowest BCUT2D eigenvalue weighted by atomic mass is 10.2. The van der Waals surface area contributed by atoms with Crippen molar-refractivity contribution in [2.75, 3.05) is 0 Å². The van der Waals surface area contributed by atoms with E-state index in [0.717, 1.165) is 12.1 Å². The Morgan fingerprint density at radius 2 is 1.73 bits per heavy atom. The minimum atomic E-state index is -1.71. The fraction of sp³-hybridized carbons (Fsp3) is 0. The molecule has 0 aliphatic carbocycles. The Kier molecular flexibility index (Phi) is 1.92. The average molecular weight is 216 g/mol. The van der Waals surface area contributed by atoms with Gasteiger partial charge in [-0.25, -0.2) is 9.18 Å². The highest BCUT2D eigenvalue weighted by Gasteiger charge is 2.21. The van der Waals surface area contributed by atoms with Crippen LogP contribution in [0.5, 0.6) is 5.75 Å². The first kappa shape index (κ1) is 9.57. The minimum absolute atomic E-state index is 0.539. The van der Waals surface area contributed by atoms with Gasteiger partial charge >= 0.3 is 5.63 Å². The molecule has 0 bridgehead atoms. The first-order valence-electron chi connectivity index (χ1n) is 3.81. The third kappa shape index (κ3) is 1.25. The largest absolute Gasteiger partial charge is 0.503 e. The molecule has 0 aliphatic heterocycles. The van der Waals surface area contributed by atoms with Gasteiger partial charge in [-0.3, -0.25) is 0 Å². The van der Waals surface area contributed by atoms with Gasteiger partial charge in [-0.15, -0.1) is 0 Å². The molecule has 2 aromatic rings. The van der Waals surface area contributed by atoms with Crippen molar-refractivity contribution in [2.24, 2.45) is 0 Å². The second-order valence-corrected chi connectivity index (χ2v) is 2.79. The summed E-state index contributed by atoms with van der Waals surface area (Å²) in [6.45, 7) is 0. The fourth-order valence-electron chi connectivity index (χ4n) is 1.18. The molecule has 0 fully saturated rings. The molecule has 1 aromatic carbocycles. The predicted octanol–water partition coefficient (Wildman–Crippen LogP) is 1.92. The quantitative estimate of drug-likeness (QED) is 0.540. The summed E-state index contributed by atoms with van der Waals surface area (Å²) in [5, 5.41) is 8.28. The molecule has 0 amide bonds. The average Bonchev–Trinajstić information content (AvgIpc) is 2.23. The zero-order chi connectivity index (χ0) is 11.2. The van der Waals surface area contributed by atoms with Crippen LogP contribution in [0.3, 0.4) is 0 Å². The van der Waals surface area contributed by atoms with E-state index < -0.39 is 39.8 Å². The third-order valence-corrected chi connectivity index (χ3v) is 1.88. The van der Waals surface area contributed by atoms with E-state index in [0.29, 0.717) is 0 Å². The molecule has 6 heteroatoms. The maximum atomic E-state index is 13.1. The Hall–Kier alpha value is -1.98. The number of phenolic OH excluding ortho intramolecular Hbond substituents is 1. The molecule has 78 valence electrons. The van der Waals surface area contributed by atoms with Crippen LogP contribution in [0.2, 0.25) is 0 Å². The van der Waals surface area contributed by atoms with E-state index in [1.807, 2.05) is 0 Å². The van der Waals surface area contributed by atoms with Crippen molar-refractivity contribution >= 4 is 11.0 Å². The second kappa shape index (κ2) is 3.01. The van der Waals surface area contributed by atoms with Gasteiger partial charge in [0.15, 0.2) is 17.1 Å². The van der Waals surface area contributed by atoms with Crippen LogP contribution in [0.25, 0.3) is 11.0 Å². The number of fused-ring (bicyclic) bond motifs is 1. The van der Waals surface area contributed by atoms with Crippen LogP contribution >= 0.6 is 0 Å². The highest BCUT2D eigenvalue weighted by molar-refractivity contribution is 5.79. The van der Waals surface area contributed by atoms with Crippen molar-refractivity contribution in [3.63, 3.8) is 0 Å². The normalized spacial score (nSPS) is 10.9. The monoisotopic (exact) mass is 216 g/mol. The SMILES string of the molecule is O=c1ccc2c(F)c(F)c(O)c(F)c2o1. The van der Waals surface area contributed by atoms with Gasteiger partial charge in [0.2, 0.25) is 11.6 Å². The van der Waals surface area contributed by atoms with E-state index in [-0.39, 0.29) is 0 Å². The van der Waals surface area contributed by atoms with E-state index >= 15 is 0 Å². The first-order chi connectivity index (χ1) is 7.02. The number of aromatic hydroxyl groups is 1. The molecule has 0 saturated carbocycles. The Balaban J connectivity index is 3.07. The van der Waals surface area contributed by atoms with Gasteiger partial charge in [-0.2, -0.15) is 8.78 Å². The van der Waals surface area contributed by atoms with E-state index in [4.69, 9.17) is 5.11 Å². The molecule has 1 heterocycles. The van der Waals surface area contributed by atoms with Crippen LogP contribution in [-0.4, -0.2) is 5.11 Å². The summed E-state index contributed by atoms with van der Waals surface area (Å²) in [5.74, 6) is -6.18. The Morgan fingerprint density at radius 1 is 1.07 bits per heavy atom. The van der Waals surface area contributed by atoms with Gasteiger partial charge in [0.1, 0.15) is 0 Å². The molecule has 0 saturated heterocycles. The van der Waals surface area contributed by atoms with E-state index in [2.05, 4.69) is 4.42 Å². The number of halogens is 3. The van der Waals surface area contributed by atoms with Crippen LogP contribution in [0.15, 0.2) is 21.3 Å². The summed E-state index contributed by atoms with van der Waals surface area (Å²) in [6, 6.07) is 1.70. The van der Waals surface area contributed by atoms with Gasteiger partial charge in [0, 0.05) is 6.07 Å². The molecule has 0 unspecified atom stereocenters. The number of hydrogen-bond donors (Lipinski definition) is 1. The number of rotatable bonds is 0. The highest BCUT2D eigenvalue weighted by Crippen LogP contribution is 2.30. The van der Waals surface area contributed by atoms with E-state index in [9.17, 15) is 18.0 Å². The number of phenols is 1.